The lowest BCUT2D eigenvalue weighted by Crippen LogP contribution is -2.08. The van der Waals surface area contributed by atoms with Gasteiger partial charge in [-0.3, -0.25) is 15.5 Å². The van der Waals surface area contributed by atoms with Crippen molar-refractivity contribution < 1.29 is 10.1 Å². The van der Waals surface area contributed by atoms with Gasteiger partial charge in [-0.1, -0.05) is 17.3 Å². The highest BCUT2D eigenvalue weighted by atomic mass is 16.6. The summed E-state index contributed by atoms with van der Waals surface area (Å²) >= 11 is 0. The van der Waals surface area contributed by atoms with Gasteiger partial charge in [0.1, 0.15) is 5.69 Å². The van der Waals surface area contributed by atoms with Crippen LogP contribution in [0.1, 0.15) is 13.8 Å². The summed E-state index contributed by atoms with van der Waals surface area (Å²) in [5.74, 6) is 0. The largest absolute Gasteiger partial charge is 0.411 e. The maximum atomic E-state index is 10.7. The van der Waals surface area contributed by atoms with Gasteiger partial charge in [0.15, 0.2) is 0 Å². The van der Waals surface area contributed by atoms with E-state index in [1.807, 2.05) is 0 Å². The third-order valence-electron chi connectivity index (χ3n) is 2.12. The van der Waals surface area contributed by atoms with Crippen molar-refractivity contribution in [1.82, 2.24) is 0 Å². The second-order valence-corrected chi connectivity index (χ2v) is 3.27. The minimum atomic E-state index is -0.500. The first-order valence-electron chi connectivity index (χ1n) is 4.79. The fourth-order valence-corrected chi connectivity index (χ4v) is 1.02. The molecule has 0 amide bonds. The average molecular weight is 236 g/mol. The van der Waals surface area contributed by atoms with Crippen LogP contribution in [0.5, 0.6) is 0 Å². The Bertz CT molecular complexity index is 482. The number of nitro benzene ring substituents is 1. The highest BCUT2D eigenvalue weighted by molar-refractivity contribution is 6.40. The lowest BCUT2D eigenvalue weighted by Gasteiger charge is -2.02. The molecule has 0 spiro atoms. The molecule has 0 radical (unpaired) electrons. The second-order valence-electron chi connectivity index (χ2n) is 3.27. The molecule has 0 atom stereocenters. The number of hydrogen-bond donors (Lipinski definition) is 2. The molecule has 1 aromatic carbocycles. The maximum Gasteiger partial charge on any atom is 0.294 e. The van der Waals surface area contributed by atoms with Crippen molar-refractivity contribution in [2.75, 3.05) is 5.43 Å². The van der Waals surface area contributed by atoms with E-state index in [-0.39, 0.29) is 11.4 Å². The van der Waals surface area contributed by atoms with E-state index in [1.165, 1.54) is 6.07 Å². The van der Waals surface area contributed by atoms with E-state index in [0.717, 1.165) is 0 Å². The highest BCUT2D eigenvalue weighted by Gasteiger charge is 2.11. The fourth-order valence-electron chi connectivity index (χ4n) is 1.02. The van der Waals surface area contributed by atoms with Crippen LogP contribution in [-0.4, -0.2) is 21.6 Å². The maximum absolute atomic E-state index is 10.7. The number of nitro groups is 1. The SMILES string of the molecule is CC(=N\O)/C(C)=N/Nc1ccccc1[N+](=O)[O-]. The number of para-hydroxylation sites is 2. The zero-order chi connectivity index (χ0) is 12.8. The van der Waals surface area contributed by atoms with Crippen LogP contribution in [-0.2, 0) is 0 Å². The molecule has 0 bridgehead atoms. The van der Waals surface area contributed by atoms with Crippen molar-refractivity contribution in [2.45, 2.75) is 13.8 Å². The average Bonchev–Trinajstić information content (AvgIpc) is 2.35. The third kappa shape index (κ3) is 3.26. The summed E-state index contributed by atoms with van der Waals surface area (Å²) < 4.78 is 0. The van der Waals surface area contributed by atoms with Crippen LogP contribution >= 0.6 is 0 Å². The number of nitrogens with one attached hydrogen (secondary N) is 1. The molecule has 90 valence electrons. The van der Waals surface area contributed by atoms with Gasteiger partial charge in [0.05, 0.1) is 16.3 Å². The lowest BCUT2D eigenvalue weighted by atomic mass is 10.3. The summed E-state index contributed by atoms with van der Waals surface area (Å²) in [6.07, 6.45) is 0. The molecule has 17 heavy (non-hydrogen) atoms. The first-order valence-corrected chi connectivity index (χ1v) is 4.79. The number of hydrazone groups is 1. The predicted octanol–water partition coefficient (Wildman–Crippen LogP) is 2.23. The summed E-state index contributed by atoms with van der Waals surface area (Å²) in [5.41, 5.74) is 3.54. The van der Waals surface area contributed by atoms with Crippen molar-refractivity contribution in [3.63, 3.8) is 0 Å². The molecule has 1 aromatic rings. The quantitative estimate of drug-likeness (QED) is 0.362. The first-order chi connectivity index (χ1) is 8.06. The molecule has 0 fully saturated rings. The van der Waals surface area contributed by atoms with E-state index >= 15 is 0 Å². The number of nitrogens with zero attached hydrogens (tertiary/aromatic N) is 3. The molecule has 0 aromatic heterocycles. The predicted molar refractivity (Wildman–Crippen MR) is 64.7 cm³/mol. The van der Waals surface area contributed by atoms with Gasteiger partial charge in [0.2, 0.25) is 0 Å². The van der Waals surface area contributed by atoms with Gasteiger partial charge in [-0.25, -0.2) is 0 Å². The number of oxime groups is 1. The fraction of sp³-hybridized carbons (Fsp3) is 0.200. The Morgan fingerprint density at radius 2 is 2.00 bits per heavy atom. The summed E-state index contributed by atoms with van der Waals surface area (Å²) in [7, 11) is 0. The van der Waals surface area contributed by atoms with E-state index in [2.05, 4.69) is 15.7 Å². The Morgan fingerprint density at radius 1 is 1.35 bits per heavy atom. The molecule has 0 aliphatic carbocycles. The lowest BCUT2D eigenvalue weighted by molar-refractivity contribution is -0.384. The molecule has 0 aliphatic heterocycles. The topological polar surface area (TPSA) is 100 Å². The van der Waals surface area contributed by atoms with E-state index in [0.29, 0.717) is 11.4 Å². The van der Waals surface area contributed by atoms with Gasteiger partial charge >= 0.3 is 0 Å². The Balaban J connectivity index is 2.93. The number of benzene rings is 1. The number of rotatable bonds is 4. The van der Waals surface area contributed by atoms with Crippen LogP contribution in [0.15, 0.2) is 34.5 Å². The van der Waals surface area contributed by atoms with E-state index in [4.69, 9.17) is 5.21 Å². The van der Waals surface area contributed by atoms with E-state index in [1.54, 1.807) is 32.0 Å². The minimum absolute atomic E-state index is 0.0670. The van der Waals surface area contributed by atoms with Crippen molar-refractivity contribution >= 4 is 22.8 Å². The Labute approximate surface area is 97.6 Å². The third-order valence-corrected chi connectivity index (χ3v) is 2.12. The van der Waals surface area contributed by atoms with Crippen LogP contribution in [0.4, 0.5) is 11.4 Å². The molecule has 0 unspecified atom stereocenters. The molecule has 7 nitrogen and oxygen atoms in total. The summed E-state index contributed by atoms with van der Waals surface area (Å²) in [4.78, 5) is 10.2. The standard InChI is InChI=1S/C10H12N4O3/c1-7(8(2)13-15)11-12-9-5-3-4-6-10(9)14(16)17/h3-6,12,15H,1-2H3/b11-7+,13-8+. The number of hydrogen-bond acceptors (Lipinski definition) is 6. The normalized spacial score (nSPS) is 12.4. The zero-order valence-electron chi connectivity index (χ0n) is 9.41. The summed E-state index contributed by atoms with van der Waals surface area (Å²) in [5, 5.41) is 26.1. The molecule has 1 rings (SSSR count). The monoisotopic (exact) mass is 236 g/mol. The highest BCUT2D eigenvalue weighted by Crippen LogP contribution is 2.22. The molecular formula is C10H12N4O3. The van der Waals surface area contributed by atoms with Crippen LogP contribution in [0.25, 0.3) is 0 Å². The van der Waals surface area contributed by atoms with Gasteiger partial charge in [0.25, 0.3) is 5.69 Å². The Hall–Kier alpha value is -2.44. The Morgan fingerprint density at radius 3 is 2.59 bits per heavy atom. The Kier molecular flexibility index (Phi) is 4.15. The van der Waals surface area contributed by atoms with E-state index < -0.39 is 4.92 Å². The van der Waals surface area contributed by atoms with Crippen LogP contribution in [0.3, 0.4) is 0 Å². The molecule has 0 aliphatic rings. The first kappa shape index (κ1) is 12.6. The van der Waals surface area contributed by atoms with Gasteiger partial charge in [-0.05, 0) is 19.9 Å². The van der Waals surface area contributed by atoms with Crippen molar-refractivity contribution in [1.29, 1.82) is 0 Å². The van der Waals surface area contributed by atoms with Gasteiger partial charge in [-0.2, -0.15) is 5.10 Å². The van der Waals surface area contributed by atoms with Crippen LogP contribution < -0.4 is 5.43 Å². The zero-order valence-corrected chi connectivity index (χ0v) is 9.41. The minimum Gasteiger partial charge on any atom is -0.411 e. The van der Waals surface area contributed by atoms with Crippen LogP contribution in [0, 0.1) is 10.1 Å². The van der Waals surface area contributed by atoms with Gasteiger partial charge in [0, 0.05) is 6.07 Å². The van der Waals surface area contributed by atoms with Crippen molar-refractivity contribution in [3.8, 4) is 0 Å². The van der Waals surface area contributed by atoms with Crippen LogP contribution in [0.2, 0.25) is 0 Å². The smallest absolute Gasteiger partial charge is 0.294 e. The van der Waals surface area contributed by atoms with Crippen molar-refractivity contribution in [3.05, 3.63) is 34.4 Å². The molecule has 2 N–H and O–H groups in total. The molecule has 7 heteroatoms. The molecular weight excluding hydrogens is 224 g/mol. The van der Waals surface area contributed by atoms with E-state index in [9.17, 15) is 10.1 Å². The number of anilines is 1. The molecule has 0 saturated carbocycles. The summed E-state index contributed by atoms with van der Waals surface area (Å²) in [6.45, 7) is 3.19. The second kappa shape index (κ2) is 5.59. The van der Waals surface area contributed by atoms with Gasteiger partial charge < -0.3 is 5.21 Å². The summed E-state index contributed by atoms with van der Waals surface area (Å²) in [6, 6.07) is 6.15. The molecule has 0 heterocycles. The van der Waals surface area contributed by atoms with Crippen molar-refractivity contribution in [2.24, 2.45) is 10.3 Å². The molecule has 0 saturated heterocycles. The van der Waals surface area contributed by atoms with Gasteiger partial charge in [-0.15, -0.1) is 0 Å².